The van der Waals surface area contributed by atoms with Gasteiger partial charge in [-0.2, -0.15) is 0 Å². The molecule has 29 heavy (non-hydrogen) atoms. The lowest BCUT2D eigenvalue weighted by Crippen LogP contribution is -2.47. The molecule has 1 aliphatic rings. The summed E-state index contributed by atoms with van der Waals surface area (Å²) in [6.07, 6.45) is 0.00613. The SMILES string of the molecule is CC(=O)c1ccc(C(=O)NCC(c2c(F)cccc2Cl)N2CCOC(C)C2)cc1. The molecular formula is C22H24ClFN2O3. The van der Waals surface area contributed by atoms with E-state index in [-0.39, 0.29) is 24.3 Å². The number of hydrogen-bond donors (Lipinski definition) is 1. The van der Waals surface area contributed by atoms with Crippen LogP contribution in [0.5, 0.6) is 0 Å². The van der Waals surface area contributed by atoms with E-state index in [1.807, 2.05) is 6.92 Å². The molecule has 0 spiro atoms. The highest BCUT2D eigenvalue weighted by molar-refractivity contribution is 6.31. The van der Waals surface area contributed by atoms with Crippen molar-refractivity contribution in [3.8, 4) is 0 Å². The largest absolute Gasteiger partial charge is 0.376 e. The van der Waals surface area contributed by atoms with Crippen molar-refractivity contribution in [3.05, 3.63) is 70.0 Å². The molecular weight excluding hydrogens is 395 g/mol. The molecule has 1 heterocycles. The minimum Gasteiger partial charge on any atom is -0.376 e. The van der Waals surface area contributed by atoms with Crippen LogP contribution in [0.25, 0.3) is 0 Å². The summed E-state index contributed by atoms with van der Waals surface area (Å²) >= 11 is 6.32. The van der Waals surface area contributed by atoms with Gasteiger partial charge in [0.05, 0.1) is 18.8 Å². The second-order valence-electron chi connectivity index (χ2n) is 7.17. The Morgan fingerprint density at radius 3 is 2.55 bits per heavy atom. The lowest BCUT2D eigenvalue weighted by atomic mass is 10.0. The Morgan fingerprint density at radius 2 is 1.93 bits per heavy atom. The number of ether oxygens (including phenoxy) is 1. The van der Waals surface area contributed by atoms with Gasteiger partial charge in [-0.3, -0.25) is 14.5 Å². The highest BCUT2D eigenvalue weighted by Gasteiger charge is 2.29. The first-order chi connectivity index (χ1) is 13.9. The Bertz CT molecular complexity index is 868. The summed E-state index contributed by atoms with van der Waals surface area (Å²) in [7, 11) is 0. The van der Waals surface area contributed by atoms with Gasteiger partial charge >= 0.3 is 0 Å². The molecule has 1 fully saturated rings. The second-order valence-corrected chi connectivity index (χ2v) is 7.58. The van der Waals surface area contributed by atoms with Gasteiger partial charge in [-0.1, -0.05) is 29.8 Å². The van der Waals surface area contributed by atoms with E-state index in [1.165, 1.54) is 13.0 Å². The van der Waals surface area contributed by atoms with E-state index in [9.17, 15) is 14.0 Å². The number of carbonyl (C=O) groups is 2. The highest BCUT2D eigenvalue weighted by atomic mass is 35.5. The summed E-state index contributed by atoms with van der Waals surface area (Å²) in [6, 6.07) is 10.6. The van der Waals surface area contributed by atoms with E-state index < -0.39 is 11.9 Å². The molecule has 1 saturated heterocycles. The fraction of sp³-hybridized carbons (Fsp3) is 0.364. The van der Waals surface area contributed by atoms with Crippen LogP contribution in [-0.2, 0) is 4.74 Å². The van der Waals surface area contributed by atoms with Crippen LogP contribution in [-0.4, -0.2) is 48.9 Å². The predicted octanol–water partition coefficient (Wildman–Crippen LogP) is 3.87. The number of nitrogens with one attached hydrogen (secondary N) is 1. The van der Waals surface area contributed by atoms with Crippen molar-refractivity contribution >= 4 is 23.3 Å². The van der Waals surface area contributed by atoms with Gasteiger partial charge < -0.3 is 10.1 Å². The molecule has 2 atom stereocenters. The predicted molar refractivity (Wildman–Crippen MR) is 110 cm³/mol. The van der Waals surface area contributed by atoms with E-state index in [1.54, 1.807) is 36.4 Å². The smallest absolute Gasteiger partial charge is 0.251 e. The quantitative estimate of drug-likeness (QED) is 0.723. The van der Waals surface area contributed by atoms with Crippen LogP contribution >= 0.6 is 11.6 Å². The number of hydrogen-bond acceptors (Lipinski definition) is 4. The lowest BCUT2D eigenvalue weighted by molar-refractivity contribution is -0.0346. The average molecular weight is 419 g/mol. The first kappa shape index (κ1) is 21.4. The number of morpholine rings is 1. The fourth-order valence-electron chi connectivity index (χ4n) is 3.52. The molecule has 0 aliphatic carbocycles. The lowest BCUT2D eigenvalue weighted by Gasteiger charge is -2.38. The van der Waals surface area contributed by atoms with Crippen LogP contribution in [0.4, 0.5) is 4.39 Å². The van der Waals surface area contributed by atoms with E-state index in [0.717, 1.165) is 0 Å². The standard InChI is InChI=1S/C22H24ClFN2O3/c1-14-13-26(10-11-29-14)20(21-18(23)4-3-5-19(21)24)12-25-22(28)17-8-6-16(7-9-17)15(2)27/h3-9,14,20H,10-13H2,1-2H3,(H,25,28). The Kier molecular flexibility index (Phi) is 7.00. The molecule has 0 radical (unpaired) electrons. The summed E-state index contributed by atoms with van der Waals surface area (Å²) in [6.45, 7) is 5.38. The first-order valence-corrected chi connectivity index (χ1v) is 9.93. The van der Waals surface area contributed by atoms with E-state index in [2.05, 4.69) is 10.2 Å². The minimum absolute atomic E-state index is 0.00613. The van der Waals surface area contributed by atoms with Crippen molar-refractivity contribution in [3.63, 3.8) is 0 Å². The number of carbonyl (C=O) groups excluding carboxylic acids is 2. The molecule has 1 N–H and O–H groups in total. The molecule has 0 aromatic heterocycles. The van der Waals surface area contributed by atoms with Gasteiger partial charge in [0, 0.05) is 41.3 Å². The topological polar surface area (TPSA) is 58.6 Å². The zero-order chi connectivity index (χ0) is 21.0. The molecule has 2 aromatic carbocycles. The Balaban J connectivity index is 1.79. The number of amides is 1. The van der Waals surface area contributed by atoms with E-state index >= 15 is 0 Å². The van der Waals surface area contributed by atoms with Crippen molar-refractivity contribution < 1.29 is 18.7 Å². The zero-order valence-electron chi connectivity index (χ0n) is 16.5. The zero-order valence-corrected chi connectivity index (χ0v) is 17.2. The number of ketones is 1. The summed E-state index contributed by atoms with van der Waals surface area (Å²) in [4.78, 5) is 26.1. The van der Waals surface area contributed by atoms with Crippen LogP contribution < -0.4 is 5.32 Å². The van der Waals surface area contributed by atoms with Crippen LogP contribution in [0.15, 0.2) is 42.5 Å². The third-order valence-electron chi connectivity index (χ3n) is 5.06. The van der Waals surface area contributed by atoms with Crippen molar-refractivity contribution in [2.24, 2.45) is 0 Å². The molecule has 1 amide bonds. The molecule has 2 aromatic rings. The Labute approximate surface area is 174 Å². The van der Waals surface area contributed by atoms with Crippen LogP contribution in [0.2, 0.25) is 5.02 Å². The number of nitrogens with zero attached hydrogens (tertiary/aromatic N) is 1. The third-order valence-corrected chi connectivity index (χ3v) is 5.39. The van der Waals surface area contributed by atoms with Crippen molar-refractivity contribution in [1.82, 2.24) is 10.2 Å². The van der Waals surface area contributed by atoms with Crippen molar-refractivity contribution in [2.45, 2.75) is 26.0 Å². The van der Waals surface area contributed by atoms with Gasteiger partial charge in [-0.05, 0) is 38.1 Å². The maximum Gasteiger partial charge on any atom is 0.251 e. The molecule has 154 valence electrons. The highest BCUT2D eigenvalue weighted by Crippen LogP contribution is 2.31. The average Bonchev–Trinajstić information content (AvgIpc) is 2.70. The van der Waals surface area contributed by atoms with Crippen molar-refractivity contribution in [1.29, 1.82) is 0 Å². The number of halogens is 2. The van der Waals surface area contributed by atoms with Gasteiger partial charge in [0.2, 0.25) is 0 Å². The van der Waals surface area contributed by atoms with Crippen LogP contribution in [0.3, 0.4) is 0 Å². The second kappa shape index (κ2) is 9.48. The molecule has 2 unspecified atom stereocenters. The monoisotopic (exact) mass is 418 g/mol. The summed E-state index contributed by atoms with van der Waals surface area (Å²) in [5.41, 5.74) is 1.35. The number of Topliss-reactive ketones (excluding diaryl/α,β-unsaturated/α-hetero) is 1. The van der Waals surface area contributed by atoms with E-state index in [4.69, 9.17) is 16.3 Å². The van der Waals surface area contributed by atoms with Crippen molar-refractivity contribution in [2.75, 3.05) is 26.2 Å². The van der Waals surface area contributed by atoms with Gasteiger partial charge in [-0.15, -0.1) is 0 Å². The van der Waals surface area contributed by atoms with Gasteiger partial charge in [0.15, 0.2) is 5.78 Å². The summed E-state index contributed by atoms with van der Waals surface area (Å²) in [5, 5.41) is 3.21. The Hall–Kier alpha value is -2.28. The maximum absolute atomic E-state index is 14.6. The van der Waals surface area contributed by atoms with Crippen LogP contribution in [0, 0.1) is 5.82 Å². The molecule has 0 saturated carbocycles. The molecule has 1 aliphatic heterocycles. The molecule has 3 rings (SSSR count). The maximum atomic E-state index is 14.6. The number of benzene rings is 2. The molecule has 5 nitrogen and oxygen atoms in total. The molecule has 7 heteroatoms. The fourth-order valence-corrected chi connectivity index (χ4v) is 3.81. The van der Waals surface area contributed by atoms with Crippen LogP contribution in [0.1, 0.15) is 46.2 Å². The summed E-state index contributed by atoms with van der Waals surface area (Å²) in [5.74, 6) is -0.756. The Morgan fingerprint density at radius 1 is 1.24 bits per heavy atom. The number of rotatable bonds is 6. The van der Waals surface area contributed by atoms with Gasteiger partial charge in [-0.25, -0.2) is 4.39 Å². The normalized spacial score (nSPS) is 18.3. The molecule has 0 bridgehead atoms. The van der Waals surface area contributed by atoms with E-state index in [0.29, 0.717) is 41.4 Å². The minimum atomic E-state index is -0.421. The third kappa shape index (κ3) is 5.21. The van der Waals surface area contributed by atoms with Gasteiger partial charge in [0.1, 0.15) is 5.82 Å². The summed E-state index contributed by atoms with van der Waals surface area (Å²) < 4.78 is 20.2. The van der Waals surface area contributed by atoms with Gasteiger partial charge in [0.25, 0.3) is 5.91 Å². The first-order valence-electron chi connectivity index (χ1n) is 9.55.